The number of hydrogen-bond donors (Lipinski definition) is 2. The number of rotatable bonds is 5. The maximum absolute atomic E-state index is 11.9. The van der Waals surface area contributed by atoms with Gasteiger partial charge in [-0.3, -0.25) is 4.79 Å². The zero-order valence-corrected chi connectivity index (χ0v) is 13.4. The van der Waals surface area contributed by atoms with Crippen molar-refractivity contribution >= 4 is 11.9 Å². The highest BCUT2D eigenvalue weighted by Gasteiger charge is 2.41. The molecule has 1 heterocycles. The zero-order valence-electron chi connectivity index (χ0n) is 13.4. The van der Waals surface area contributed by atoms with Crippen molar-refractivity contribution in [3.63, 3.8) is 0 Å². The molecule has 1 aromatic rings. The standard InChI is InChI=1S/C16H19F3N2O4/c17-16(18,19)15(23)25-21-14(22)10-24-13-3-1-11(2-4-13)9-12-5-7-20-8-6-12/h1-4,12,20H,5-10H2,(H,21,22). The molecule has 1 saturated heterocycles. The number of benzene rings is 1. The Kier molecular flexibility index (Phi) is 6.63. The molecule has 1 aromatic carbocycles. The fourth-order valence-electron chi connectivity index (χ4n) is 2.48. The van der Waals surface area contributed by atoms with Crippen molar-refractivity contribution in [2.24, 2.45) is 5.92 Å². The summed E-state index contributed by atoms with van der Waals surface area (Å²) in [4.78, 5) is 25.3. The van der Waals surface area contributed by atoms with Crippen molar-refractivity contribution in [3.8, 4) is 5.75 Å². The van der Waals surface area contributed by atoms with Crippen LogP contribution in [-0.4, -0.2) is 37.7 Å². The molecule has 0 aromatic heterocycles. The average molecular weight is 360 g/mol. The quantitative estimate of drug-likeness (QED) is 0.783. The molecule has 0 spiro atoms. The number of nitrogens with one attached hydrogen (secondary N) is 2. The monoisotopic (exact) mass is 360 g/mol. The number of amides is 1. The summed E-state index contributed by atoms with van der Waals surface area (Å²) in [7, 11) is 0. The first kappa shape index (κ1) is 19.0. The van der Waals surface area contributed by atoms with Crippen molar-refractivity contribution < 1.29 is 32.3 Å². The Morgan fingerprint density at radius 2 is 1.80 bits per heavy atom. The molecule has 0 bridgehead atoms. The highest BCUT2D eigenvalue weighted by molar-refractivity contribution is 5.80. The van der Waals surface area contributed by atoms with E-state index < -0.39 is 24.7 Å². The number of halogens is 3. The van der Waals surface area contributed by atoms with Crippen LogP contribution in [-0.2, 0) is 20.8 Å². The van der Waals surface area contributed by atoms with Gasteiger partial charge in [0.25, 0.3) is 5.91 Å². The van der Waals surface area contributed by atoms with E-state index in [-0.39, 0.29) is 0 Å². The van der Waals surface area contributed by atoms with Gasteiger partial charge in [-0.1, -0.05) is 12.1 Å². The molecule has 6 nitrogen and oxygen atoms in total. The number of carbonyl (C=O) groups excluding carboxylic acids is 2. The number of ether oxygens (including phenoxy) is 1. The first-order valence-corrected chi connectivity index (χ1v) is 7.84. The first-order chi connectivity index (χ1) is 11.8. The lowest BCUT2D eigenvalue weighted by Gasteiger charge is -2.22. The number of hydroxylamine groups is 1. The van der Waals surface area contributed by atoms with Crippen LogP contribution in [0.2, 0.25) is 0 Å². The van der Waals surface area contributed by atoms with E-state index in [0.717, 1.165) is 37.9 Å². The van der Waals surface area contributed by atoms with Crippen LogP contribution in [0.1, 0.15) is 18.4 Å². The van der Waals surface area contributed by atoms with E-state index in [1.54, 1.807) is 12.1 Å². The van der Waals surface area contributed by atoms with E-state index >= 15 is 0 Å². The molecule has 0 radical (unpaired) electrons. The summed E-state index contributed by atoms with van der Waals surface area (Å²) in [5.74, 6) is -2.46. The van der Waals surface area contributed by atoms with Crippen LogP contribution in [0, 0.1) is 5.92 Å². The zero-order chi connectivity index (χ0) is 18.3. The van der Waals surface area contributed by atoms with Crippen LogP contribution in [0.5, 0.6) is 5.75 Å². The molecule has 0 saturated carbocycles. The Balaban J connectivity index is 1.71. The Morgan fingerprint density at radius 3 is 2.40 bits per heavy atom. The molecule has 138 valence electrons. The second-order valence-corrected chi connectivity index (χ2v) is 5.74. The molecule has 1 amide bonds. The second kappa shape index (κ2) is 8.70. The van der Waals surface area contributed by atoms with E-state index in [4.69, 9.17) is 4.74 Å². The van der Waals surface area contributed by atoms with Crippen molar-refractivity contribution in [2.75, 3.05) is 19.7 Å². The average Bonchev–Trinajstić information content (AvgIpc) is 2.59. The largest absolute Gasteiger partial charge is 0.493 e. The third-order valence-electron chi connectivity index (χ3n) is 3.77. The summed E-state index contributed by atoms with van der Waals surface area (Å²) < 4.78 is 40.8. The van der Waals surface area contributed by atoms with Gasteiger partial charge in [-0.25, -0.2) is 4.79 Å². The summed E-state index contributed by atoms with van der Waals surface area (Å²) in [5, 5.41) is 3.31. The lowest BCUT2D eigenvalue weighted by Crippen LogP contribution is -2.36. The fraction of sp³-hybridized carbons (Fsp3) is 0.500. The lowest BCUT2D eigenvalue weighted by atomic mass is 9.91. The number of piperidine rings is 1. The second-order valence-electron chi connectivity index (χ2n) is 5.74. The molecule has 0 atom stereocenters. The van der Waals surface area contributed by atoms with E-state index in [9.17, 15) is 22.8 Å². The fourth-order valence-corrected chi connectivity index (χ4v) is 2.48. The topological polar surface area (TPSA) is 76.7 Å². The van der Waals surface area contributed by atoms with E-state index in [0.29, 0.717) is 11.7 Å². The molecule has 2 N–H and O–H groups in total. The molecule has 1 fully saturated rings. The Morgan fingerprint density at radius 1 is 1.16 bits per heavy atom. The predicted molar refractivity (Wildman–Crippen MR) is 81.5 cm³/mol. The minimum absolute atomic E-state index is 0.395. The van der Waals surface area contributed by atoms with Crippen molar-refractivity contribution in [3.05, 3.63) is 29.8 Å². The molecular formula is C16H19F3N2O4. The van der Waals surface area contributed by atoms with Crippen molar-refractivity contribution in [2.45, 2.75) is 25.4 Å². The molecule has 25 heavy (non-hydrogen) atoms. The van der Waals surface area contributed by atoms with E-state index in [2.05, 4.69) is 10.2 Å². The van der Waals surface area contributed by atoms with Gasteiger partial charge >= 0.3 is 12.1 Å². The van der Waals surface area contributed by atoms with Crippen LogP contribution < -0.4 is 15.5 Å². The lowest BCUT2D eigenvalue weighted by molar-refractivity contribution is -0.207. The van der Waals surface area contributed by atoms with Gasteiger partial charge in [0, 0.05) is 0 Å². The summed E-state index contributed by atoms with van der Waals surface area (Å²) in [6, 6.07) is 7.15. The summed E-state index contributed by atoms with van der Waals surface area (Å²) in [6.45, 7) is 1.48. The summed E-state index contributed by atoms with van der Waals surface area (Å²) in [5.41, 5.74) is 2.54. The van der Waals surface area contributed by atoms with E-state index in [1.165, 1.54) is 5.48 Å². The molecule has 0 aliphatic carbocycles. The Bertz CT molecular complexity index is 584. The van der Waals surface area contributed by atoms with Gasteiger partial charge in [0.05, 0.1) is 0 Å². The number of hydrogen-bond acceptors (Lipinski definition) is 5. The predicted octanol–water partition coefficient (Wildman–Crippen LogP) is 1.74. The SMILES string of the molecule is O=C(COc1ccc(CC2CCNCC2)cc1)NOC(=O)C(F)(F)F. The molecular weight excluding hydrogens is 341 g/mol. The summed E-state index contributed by atoms with van der Waals surface area (Å²) >= 11 is 0. The Hall–Kier alpha value is -2.29. The molecule has 2 rings (SSSR count). The highest BCUT2D eigenvalue weighted by atomic mass is 19.4. The molecule has 9 heteroatoms. The third-order valence-corrected chi connectivity index (χ3v) is 3.77. The van der Waals surface area contributed by atoms with Gasteiger partial charge in [0.15, 0.2) is 6.61 Å². The van der Waals surface area contributed by atoms with Gasteiger partial charge in [-0.05, 0) is 56.0 Å². The van der Waals surface area contributed by atoms with Gasteiger partial charge < -0.3 is 14.9 Å². The van der Waals surface area contributed by atoms with Crippen LogP contribution in [0.25, 0.3) is 0 Å². The first-order valence-electron chi connectivity index (χ1n) is 7.84. The minimum Gasteiger partial charge on any atom is -0.484 e. The van der Waals surface area contributed by atoms with Crippen LogP contribution in [0.15, 0.2) is 24.3 Å². The number of alkyl halides is 3. The van der Waals surface area contributed by atoms with E-state index in [1.807, 2.05) is 12.1 Å². The minimum atomic E-state index is -5.17. The van der Waals surface area contributed by atoms with Crippen LogP contribution in [0.3, 0.4) is 0 Å². The normalized spacial score (nSPS) is 15.5. The molecule has 0 unspecified atom stereocenters. The van der Waals surface area contributed by atoms with Crippen molar-refractivity contribution in [1.29, 1.82) is 0 Å². The van der Waals surface area contributed by atoms with Crippen LogP contribution >= 0.6 is 0 Å². The number of carbonyl (C=O) groups is 2. The molecule has 1 aliphatic rings. The van der Waals surface area contributed by atoms with Gasteiger partial charge in [0.1, 0.15) is 5.75 Å². The summed E-state index contributed by atoms with van der Waals surface area (Å²) in [6.07, 6.45) is -1.93. The highest BCUT2D eigenvalue weighted by Crippen LogP contribution is 2.20. The van der Waals surface area contributed by atoms with Gasteiger partial charge in [-0.15, -0.1) is 0 Å². The van der Waals surface area contributed by atoms with Crippen LogP contribution in [0.4, 0.5) is 13.2 Å². The maximum Gasteiger partial charge on any atom is 0.493 e. The third kappa shape index (κ3) is 6.61. The van der Waals surface area contributed by atoms with Gasteiger partial charge in [-0.2, -0.15) is 18.7 Å². The molecule has 1 aliphatic heterocycles. The Labute approximate surface area is 142 Å². The van der Waals surface area contributed by atoms with Gasteiger partial charge in [0.2, 0.25) is 0 Å². The maximum atomic E-state index is 11.9. The smallest absolute Gasteiger partial charge is 0.484 e. The van der Waals surface area contributed by atoms with Crippen molar-refractivity contribution in [1.82, 2.24) is 10.8 Å².